The second kappa shape index (κ2) is 6.80. The van der Waals surface area contributed by atoms with E-state index in [0.29, 0.717) is 6.54 Å². The van der Waals surface area contributed by atoms with E-state index in [1.165, 1.54) is 11.1 Å². The third-order valence-electron chi connectivity index (χ3n) is 5.62. The number of benzene rings is 2. The van der Waals surface area contributed by atoms with E-state index in [1.54, 1.807) is 4.90 Å². The lowest BCUT2D eigenvalue weighted by atomic mass is 9.71. The number of fused-ring (bicyclic) bond motifs is 2. The van der Waals surface area contributed by atoms with Crippen molar-refractivity contribution in [1.82, 2.24) is 10.2 Å². The van der Waals surface area contributed by atoms with Crippen LogP contribution >= 0.6 is 0 Å². The molecule has 0 bridgehead atoms. The van der Waals surface area contributed by atoms with E-state index in [2.05, 4.69) is 43.4 Å². The summed E-state index contributed by atoms with van der Waals surface area (Å²) in [5.74, 6) is 1.50. The molecule has 0 saturated carbocycles. The predicted octanol–water partition coefficient (Wildman–Crippen LogP) is 4.37. The Hall–Kier alpha value is -2.69. The summed E-state index contributed by atoms with van der Waals surface area (Å²) in [4.78, 5) is 14.5. The van der Waals surface area contributed by atoms with E-state index in [0.717, 1.165) is 29.9 Å². The normalized spacial score (nSPS) is 19.3. The monoisotopic (exact) mass is 366 g/mol. The van der Waals surface area contributed by atoms with Gasteiger partial charge in [0.1, 0.15) is 0 Å². The maximum absolute atomic E-state index is 12.8. The minimum atomic E-state index is -0.0628. The smallest absolute Gasteiger partial charge is 0.317 e. The van der Waals surface area contributed by atoms with Gasteiger partial charge in [-0.05, 0) is 47.1 Å². The molecule has 4 rings (SSSR count). The number of rotatable bonds is 3. The summed E-state index contributed by atoms with van der Waals surface area (Å²) in [5, 5.41) is 3.22. The number of hydrogen-bond acceptors (Lipinski definition) is 3. The maximum atomic E-state index is 12.8. The summed E-state index contributed by atoms with van der Waals surface area (Å²) in [7, 11) is 1.82. The molecule has 1 unspecified atom stereocenters. The lowest BCUT2D eigenvalue weighted by Gasteiger charge is -2.37. The topological polar surface area (TPSA) is 50.8 Å². The minimum Gasteiger partial charge on any atom is -0.454 e. The van der Waals surface area contributed by atoms with Crippen LogP contribution in [0.2, 0.25) is 0 Å². The van der Waals surface area contributed by atoms with Crippen LogP contribution in [-0.2, 0) is 12.0 Å². The van der Waals surface area contributed by atoms with Crippen LogP contribution in [0.5, 0.6) is 11.5 Å². The summed E-state index contributed by atoms with van der Waals surface area (Å²) in [6, 6.07) is 14.2. The fraction of sp³-hybridized carbons (Fsp3) is 0.409. The Morgan fingerprint density at radius 1 is 1.19 bits per heavy atom. The molecule has 1 aliphatic heterocycles. The number of carbonyl (C=O) groups is 1. The quantitative estimate of drug-likeness (QED) is 0.878. The Morgan fingerprint density at radius 2 is 1.96 bits per heavy atom. The van der Waals surface area contributed by atoms with Gasteiger partial charge in [-0.15, -0.1) is 0 Å². The highest BCUT2D eigenvalue weighted by molar-refractivity contribution is 5.74. The third kappa shape index (κ3) is 3.46. The molecule has 1 atom stereocenters. The van der Waals surface area contributed by atoms with Crippen molar-refractivity contribution in [1.29, 1.82) is 0 Å². The molecule has 2 aliphatic rings. The molecular weight excluding hydrogens is 340 g/mol. The van der Waals surface area contributed by atoms with Crippen LogP contribution in [0.4, 0.5) is 4.79 Å². The Labute approximate surface area is 160 Å². The molecule has 0 radical (unpaired) electrons. The third-order valence-corrected chi connectivity index (χ3v) is 5.62. The number of hydrogen-bond donors (Lipinski definition) is 1. The summed E-state index contributed by atoms with van der Waals surface area (Å²) in [5.41, 5.74) is 3.73. The molecule has 1 heterocycles. The highest BCUT2D eigenvalue weighted by atomic mass is 16.7. The Balaban J connectivity index is 1.44. The van der Waals surface area contributed by atoms with Crippen LogP contribution in [0.25, 0.3) is 0 Å². The van der Waals surface area contributed by atoms with Crippen molar-refractivity contribution in [3.05, 3.63) is 59.2 Å². The van der Waals surface area contributed by atoms with E-state index >= 15 is 0 Å². The van der Waals surface area contributed by atoms with E-state index in [4.69, 9.17) is 9.47 Å². The number of nitrogens with one attached hydrogen (secondary N) is 1. The molecule has 0 spiro atoms. The second-order valence-electron chi connectivity index (χ2n) is 8.06. The molecule has 142 valence electrons. The highest BCUT2D eigenvalue weighted by Crippen LogP contribution is 2.41. The van der Waals surface area contributed by atoms with Crippen LogP contribution in [0.3, 0.4) is 0 Å². The van der Waals surface area contributed by atoms with Gasteiger partial charge in [0.2, 0.25) is 6.79 Å². The zero-order chi connectivity index (χ0) is 19.0. The minimum absolute atomic E-state index is 0.0564. The zero-order valence-corrected chi connectivity index (χ0v) is 16.1. The van der Waals surface area contributed by atoms with E-state index in [9.17, 15) is 4.79 Å². The molecular formula is C22H26N2O3. The van der Waals surface area contributed by atoms with Gasteiger partial charge < -0.3 is 19.7 Å². The number of ether oxygens (including phenoxy) is 2. The van der Waals surface area contributed by atoms with Crippen molar-refractivity contribution >= 4 is 6.03 Å². The van der Waals surface area contributed by atoms with E-state index in [1.807, 2.05) is 25.2 Å². The molecule has 2 aromatic rings. The maximum Gasteiger partial charge on any atom is 0.317 e. The van der Waals surface area contributed by atoms with Crippen molar-refractivity contribution in [2.24, 2.45) is 0 Å². The van der Waals surface area contributed by atoms with Crippen molar-refractivity contribution < 1.29 is 14.3 Å². The van der Waals surface area contributed by atoms with Crippen LogP contribution in [-0.4, -0.2) is 24.8 Å². The van der Waals surface area contributed by atoms with Crippen molar-refractivity contribution in [3.8, 4) is 11.5 Å². The average molecular weight is 366 g/mol. The Kier molecular flexibility index (Phi) is 4.46. The lowest BCUT2D eigenvalue weighted by Crippen LogP contribution is -2.41. The molecule has 2 aromatic carbocycles. The standard InChI is InChI=1S/C22H26N2O3/c1-22(2)11-10-18(16-6-4-5-7-17(16)22)23-21(25)24(3)13-15-8-9-19-20(12-15)27-14-26-19/h4-9,12,18H,10-11,13-14H2,1-3H3,(H,23,25). The van der Waals surface area contributed by atoms with E-state index in [-0.39, 0.29) is 24.3 Å². The second-order valence-corrected chi connectivity index (χ2v) is 8.06. The molecule has 0 fully saturated rings. The zero-order valence-electron chi connectivity index (χ0n) is 16.1. The summed E-state index contributed by atoms with van der Waals surface area (Å²) in [6.45, 7) is 5.32. The first kappa shape index (κ1) is 17.7. The van der Waals surface area contributed by atoms with Gasteiger partial charge in [0.15, 0.2) is 11.5 Å². The Bertz CT molecular complexity index is 862. The van der Waals surface area contributed by atoms with Crippen molar-refractivity contribution in [2.75, 3.05) is 13.8 Å². The molecule has 5 nitrogen and oxygen atoms in total. The summed E-state index contributed by atoms with van der Waals surface area (Å²) >= 11 is 0. The van der Waals surface area contributed by atoms with Gasteiger partial charge in [-0.3, -0.25) is 0 Å². The van der Waals surface area contributed by atoms with Gasteiger partial charge in [-0.2, -0.15) is 0 Å². The summed E-state index contributed by atoms with van der Waals surface area (Å²) < 4.78 is 10.8. The molecule has 0 saturated heterocycles. The number of urea groups is 1. The molecule has 0 aromatic heterocycles. The number of amides is 2. The first-order valence-corrected chi connectivity index (χ1v) is 9.43. The molecule has 1 aliphatic carbocycles. The highest BCUT2D eigenvalue weighted by Gasteiger charge is 2.33. The molecule has 5 heteroatoms. The van der Waals surface area contributed by atoms with Gasteiger partial charge in [0, 0.05) is 13.6 Å². The van der Waals surface area contributed by atoms with Crippen LogP contribution < -0.4 is 14.8 Å². The number of carbonyl (C=O) groups excluding carboxylic acids is 1. The van der Waals surface area contributed by atoms with Crippen LogP contribution in [0, 0.1) is 0 Å². The number of nitrogens with zero attached hydrogens (tertiary/aromatic N) is 1. The Morgan fingerprint density at radius 3 is 2.81 bits per heavy atom. The first-order chi connectivity index (χ1) is 12.9. The largest absolute Gasteiger partial charge is 0.454 e. The van der Waals surface area contributed by atoms with Gasteiger partial charge in [-0.25, -0.2) is 4.79 Å². The van der Waals surface area contributed by atoms with Crippen molar-refractivity contribution in [3.63, 3.8) is 0 Å². The van der Waals surface area contributed by atoms with Gasteiger partial charge in [0.05, 0.1) is 6.04 Å². The average Bonchev–Trinajstić information content (AvgIpc) is 3.12. The molecule has 2 amide bonds. The summed E-state index contributed by atoms with van der Waals surface area (Å²) in [6.07, 6.45) is 2.01. The van der Waals surface area contributed by atoms with Gasteiger partial charge in [-0.1, -0.05) is 44.2 Å². The predicted molar refractivity (Wildman–Crippen MR) is 104 cm³/mol. The van der Waals surface area contributed by atoms with Gasteiger partial charge in [0.25, 0.3) is 0 Å². The fourth-order valence-corrected chi connectivity index (χ4v) is 4.01. The fourth-order valence-electron chi connectivity index (χ4n) is 4.01. The SMILES string of the molecule is CN(Cc1ccc2c(c1)OCO2)C(=O)NC1CCC(C)(C)c2ccccc21. The van der Waals surface area contributed by atoms with Crippen LogP contribution in [0.1, 0.15) is 49.4 Å². The van der Waals surface area contributed by atoms with Gasteiger partial charge >= 0.3 is 6.03 Å². The lowest BCUT2D eigenvalue weighted by molar-refractivity contribution is 0.174. The van der Waals surface area contributed by atoms with Crippen LogP contribution in [0.15, 0.2) is 42.5 Å². The molecule has 1 N–H and O–H groups in total. The van der Waals surface area contributed by atoms with Crippen molar-refractivity contribution in [2.45, 2.75) is 44.7 Å². The molecule has 27 heavy (non-hydrogen) atoms. The first-order valence-electron chi connectivity index (χ1n) is 9.43. The van der Waals surface area contributed by atoms with E-state index < -0.39 is 0 Å².